The van der Waals surface area contributed by atoms with E-state index in [1.807, 2.05) is 20.8 Å². The first-order valence-electron chi connectivity index (χ1n) is 7.83. The maximum atomic E-state index is 12.1. The normalized spacial score (nSPS) is 21.5. The standard InChI is InChI=1S/C15H24ClN5O3/c1-15(2,3)24-14(23)21-5-4-9(10(22)7-21)6-18-13-11(16)12(17)19-8-20-13/h8-10,22H,4-7H2,1-3H3,(H3,17,18,19,20)/t9-,10+/m0/s1. The number of carbonyl (C=O) groups is 1. The number of β-amino-alcohol motifs (C(OH)–C–C–N with tert-alkyl or cyclic N) is 1. The van der Waals surface area contributed by atoms with Crippen molar-refractivity contribution in [3.05, 3.63) is 11.3 Å². The molecule has 134 valence electrons. The van der Waals surface area contributed by atoms with Crippen molar-refractivity contribution in [2.24, 2.45) is 5.92 Å². The number of likely N-dealkylation sites (tertiary alicyclic amines) is 1. The Labute approximate surface area is 146 Å². The molecule has 0 saturated carbocycles. The SMILES string of the molecule is CC(C)(C)OC(=O)N1CC[C@@H](CNc2ncnc(N)c2Cl)[C@H](O)C1. The zero-order valence-corrected chi connectivity index (χ0v) is 14.9. The van der Waals surface area contributed by atoms with Crippen LogP contribution in [0, 0.1) is 5.92 Å². The lowest BCUT2D eigenvalue weighted by atomic mass is 9.94. The Morgan fingerprint density at radius 3 is 2.88 bits per heavy atom. The van der Waals surface area contributed by atoms with E-state index in [0.29, 0.717) is 25.3 Å². The molecule has 1 saturated heterocycles. The van der Waals surface area contributed by atoms with E-state index in [0.717, 1.165) is 0 Å². The van der Waals surface area contributed by atoms with Crippen LogP contribution in [0.1, 0.15) is 27.2 Å². The Morgan fingerprint density at radius 2 is 2.25 bits per heavy atom. The molecule has 1 aromatic heterocycles. The predicted octanol–water partition coefficient (Wildman–Crippen LogP) is 1.74. The summed E-state index contributed by atoms with van der Waals surface area (Å²) in [6.45, 7) is 6.68. The van der Waals surface area contributed by atoms with Gasteiger partial charge in [0.15, 0.2) is 0 Å². The molecule has 1 amide bonds. The molecule has 0 aliphatic carbocycles. The molecular formula is C15H24ClN5O3. The minimum absolute atomic E-state index is 0.0315. The number of piperidine rings is 1. The van der Waals surface area contributed by atoms with Crippen molar-refractivity contribution < 1.29 is 14.6 Å². The van der Waals surface area contributed by atoms with E-state index in [-0.39, 0.29) is 23.3 Å². The number of anilines is 2. The first-order valence-corrected chi connectivity index (χ1v) is 8.21. The van der Waals surface area contributed by atoms with Crippen LogP contribution in [0.4, 0.5) is 16.4 Å². The van der Waals surface area contributed by atoms with E-state index < -0.39 is 17.8 Å². The van der Waals surface area contributed by atoms with Crippen LogP contribution in [-0.2, 0) is 4.74 Å². The quantitative estimate of drug-likeness (QED) is 0.754. The zero-order valence-electron chi connectivity index (χ0n) is 14.1. The number of carbonyl (C=O) groups excluding carboxylic acids is 1. The van der Waals surface area contributed by atoms with Gasteiger partial charge in [0.05, 0.1) is 12.6 Å². The van der Waals surface area contributed by atoms with Crippen molar-refractivity contribution in [1.82, 2.24) is 14.9 Å². The van der Waals surface area contributed by atoms with Crippen LogP contribution in [0.5, 0.6) is 0 Å². The monoisotopic (exact) mass is 357 g/mol. The van der Waals surface area contributed by atoms with E-state index in [1.54, 1.807) is 0 Å². The molecule has 0 spiro atoms. The molecule has 24 heavy (non-hydrogen) atoms. The highest BCUT2D eigenvalue weighted by Crippen LogP contribution is 2.25. The molecule has 1 aromatic rings. The number of nitrogen functional groups attached to an aromatic ring is 1. The van der Waals surface area contributed by atoms with Crippen LogP contribution >= 0.6 is 11.6 Å². The summed E-state index contributed by atoms with van der Waals surface area (Å²) >= 11 is 6.03. The average molecular weight is 358 g/mol. The topological polar surface area (TPSA) is 114 Å². The Hall–Kier alpha value is -1.80. The van der Waals surface area contributed by atoms with E-state index in [4.69, 9.17) is 22.1 Å². The third kappa shape index (κ3) is 4.85. The van der Waals surface area contributed by atoms with Crippen LogP contribution < -0.4 is 11.1 Å². The van der Waals surface area contributed by atoms with Crippen molar-refractivity contribution in [2.45, 2.75) is 38.9 Å². The van der Waals surface area contributed by atoms with Crippen LogP contribution in [-0.4, -0.2) is 57.4 Å². The van der Waals surface area contributed by atoms with E-state index in [2.05, 4.69) is 15.3 Å². The number of aromatic nitrogens is 2. The molecule has 2 heterocycles. The van der Waals surface area contributed by atoms with E-state index in [1.165, 1.54) is 11.2 Å². The molecule has 0 radical (unpaired) electrons. The van der Waals surface area contributed by atoms with Gasteiger partial charge in [-0.3, -0.25) is 0 Å². The molecule has 2 atom stereocenters. The van der Waals surface area contributed by atoms with Gasteiger partial charge < -0.3 is 25.8 Å². The maximum absolute atomic E-state index is 12.1. The van der Waals surface area contributed by atoms with Gasteiger partial charge in [0.2, 0.25) is 0 Å². The Balaban J connectivity index is 1.87. The molecule has 4 N–H and O–H groups in total. The van der Waals surface area contributed by atoms with Gasteiger partial charge in [0.25, 0.3) is 0 Å². The van der Waals surface area contributed by atoms with E-state index >= 15 is 0 Å². The number of nitrogens with two attached hydrogens (primary N) is 1. The number of nitrogens with zero attached hydrogens (tertiary/aromatic N) is 3. The lowest BCUT2D eigenvalue weighted by molar-refractivity contribution is -0.0104. The summed E-state index contributed by atoms with van der Waals surface area (Å²) in [5.74, 6) is 0.608. The molecule has 9 heteroatoms. The molecule has 0 unspecified atom stereocenters. The van der Waals surface area contributed by atoms with Gasteiger partial charge in [0, 0.05) is 19.0 Å². The number of ether oxygens (including phenoxy) is 1. The number of aliphatic hydroxyl groups excluding tert-OH is 1. The van der Waals surface area contributed by atoms with Crippen molar-refractivity contribution in [1.29, 1.82) is 0 Å². The molecular weight excluding hydrogens is 334 g/mol. The van der Waals surface area contributed by atoms with E-state index in [9.17, 15) is 9.90 Å². The van der Waals surface area contributed by atoms with Crippen molar-refractivity contribution in [3.63, 3.8) is 0 Å². The van der Waals surface area contributed by atoms with Gasteiger partial charge in [-0.05, 0) is 27.2 Å². The number of rotatable bonds is 3. The van der Waals surface area contributed by atoms with Gasteiger partial charge >= 0.3 is 6.09 Å². The van der Waals surface area contributed by atoms with Crippen LogP contribution in [0.25, 0.3) is 0 Å². The Morgan fingerprint density at radius 1 is 1.54 bits per heavy atom. The highest BCUT2D eigenvalue weighted by Gasteiger charge is 2.32. The smallest absolute Gasteiger partial charge is 0.410 e. The van der Waals surface area contributed by atoms with Gasteiger partial charge in [-0.2, -0.15) is 0 Å². The fourth-order valence-corrected chi connectivity index (χ4v) is 2.61. The summed E-state index contributed by atoms with van der Waals surface area (Å²) in [7, 11) is 0. The largest absolute Gasteiger partial charge is 0.444 e. The first kappa shape index (κ1) is 18.5. The highest BCUT2D eigenvalue weighted by atomic mass is 35.5. The molecule has 2 rings (SSSR count). The van der Waals surface area contributed by atoms with Gasteiger partial charge in [0.1, 0.15) is 28.6 Å². The number of hydrogen-bond acceptors (Lipinski definition) is 7. The van der Waals surface area contributed by atoms with Crippen molar-refractivity contribution in [2.75, 3.05) is 30.7 Å². The third-order valence-electron chi connectivity index (χ3n) is 3.72. The molecule has 0 bridgehead atoms. The fraction of sp³-hybridized carbons (Fsp3) is 0.667. The number of nitrogens with one attached hydrogen (secondary N) is 1. The maximum Gasteiger partial charge on any atom is 0.410 e. The number of amides is 1. The minimum atomic E-state index is -0.656. The Kier molecular flexibility index (Phi) is 5.71. The summed E-state index contributed by atoms with van der Waals surface area (Å²) in [6.07, 6.45) is 0.910. The molecule has 1 fully saturated rings. The Bertz CT molecular complexity index is 593. The van der Waals surface area contributed by atoms with Gasteiger partial charge in [-0.1, -0.05) is 11.6 Å². The second-order valence-electron chi connectivity index (χ2n) is 6.84. The van der Waals surface area contributed by atoms with Gasteiger partial charge in [-0.25, -0.2) is 14.8 Å². The third-order valence-corrected chi connectivity index (χ3v) is 4.09. The predicted molar refractivity (Wildman–Crippen MR) is 91.9 cm³/mol. The van der Waals surface area contributed by atoms with Crippen molar-refractivity contribution >= 4 is 29.3 Å². The van der Waals surface area contributed by atoms with Crippen LogP contribution in [0.2, 0.25) is 5.02 Å². The van der Waals surface area contributed by atoms with Crippen LogP contribution in [0.15, 0.2) is 6.33 Å². The zero-order chi connectivity index (χ0) is 17.9. The summed E-state index contributed by atoms with van der Waals surface area (Å²) in [6, 6.07) is 0. The fourth-order valence-electron chi connectivity index (χ4n) is 2.45. The first-order chi connectivity index (χ1) is 11.2. The number of aliphatic hydroxyl groups is 1. The number of halogens is 1. The minimum Gasteiger partial charge on any atom is -0.444 e. The second kappa shape index (κ2) is 7.40. The highest BCUT2D eigenvalue weighted by molar-refractivity contribution is 6.35. The molecule has 8 nitrogen and oxygen atoms in total. The van der Waals surface area contributed by atoms with Crippen molar-refractivity contribution in [3.8, 4) is 0 Å². The van der Waals surface area contributed by atoms with Gasteiger partial charge in [-0.15, -0.1) is 0 Å². The second-order valence-corrected chi connectivity index (χ2v) is 7.22. The molecule has 0 aromatic carbocycles. The lowest BCUT2D eigenvalue weighted by Crippen LogP contribution is -2.49. The summed E-state index contributed by atoms with van der Waals surface area (Å²) in [5.41, 5.74) is 5.08. The summed E-state index contributed by atoms with van der Waals surface area (Å²) in [5, 5.41) is 13.6. The number of hydrogen-bond donors (Lipinski definition) is 3. The lowest BCUT2D eigenvalue weighted by Gasteiger charge is -2.36. The molecule has 1 aliphatic heterocycles. The summed E-state index contributed by atoms with van der Waals surface area (Å²) in [4.78, 5) is 21.4. The summed E-state index contributed by atoms with van der Waals surface area (Å²) < 4.78 is 5.33. The molecule has 1 aliphatic rings. The van der Waals surface area contributed by atoms with Crippen LogP contribution in [0.3, 0.4) is 0 Å². The average Bonchev–Trinajstić information content (AvgIpc) is 2.48.